The molecule has 0 N–H and O–H groups in total. The molecule has 4 heterocycles. The van der Waals surface area contributed by atoms with E-state index in [4.69, 9.17) is 14.2 Å². The number of sulfonamides is 1. The predicted molar refractivity (Wildman–Crippen MR) is 144 cm³/mol. The first-order valence-electron chi connectivity index (χ1n) is 12.9. The van der Waals surface area contributed by atoms with Crippen LogP contribution < -0.4 is 10.3 Å². The summed E-state index contributed by atoms with van der Waals surface area (Å²) in [5, 5.41) is 8.46. The van der Waals surface area contributed by atoms with Gasteiger partial charge in [0.25, 0.3) is 11.5 Å². The van der Waals surface area contributed by atoms with Crippen molar-refractivity contribution >= 4 is 21.1 Å². The lowest BCUT2D eigenvalue weighted by atomic mass is 10.1. The zero-order chi connectivity index (χ0) is 27.9. The molecule has 208 valence electrons. The van der Waals surface area contributed by atoms with Crippen LogP contribution in [0.4, 0.5) is 0 Å². The van der Waals surface area contributed by atoms with E-state index in [1.54, 1.807) is 26.1 Å². The van der Waals surface area contributed by atoms with Gasteiger partial charge in [-0.1, -0.05) is 13.3 Å². The van der Waals surface area contributed by atoms with Crippen molar-refractivity contribution in [1.29, 1.82) is 0 Å². The Morgan fingerprint density at radius 3 is 2.44 bits per heavy atom. The Morgan fingerprint density at radius 2 is 1.79 bits per heavy atom. The average molecular weight is 557 g/mol. The van der Waals surface area contributed by atoms with Gasteiger partial charge >= 0.3 is 0 Å². The van der Waals surface area contributed by atoms with Crippen molar-refractivity contribution in [2.45, 2.75) is 38.5 Å². The van der Waals surface area contributed by atoms with Crippen LogP contribution >= 0.6 is 0 Å². The molecule has 3 aromatic heterocycles. The van der Waals surface area contributed by atoms with Gasteiger partial charge in [0.2, 0.25) is 15.9 Å². The first-order valence-corrected chi connectivity index (χ1v) is 14.3. The second-order valence-electron chi connectivity index (χ2n) is 9.52. The van der Waals surface area contributed by atoms with Crippen molar-refractivity contribution < 1.29 is 17.7 Å². The molecule has 0 spiro atoms. The number of hydrogen-bond donors (Lipinski definition) is 0. The lowest BCUT2D eigenvalue weighted by Crippen LogP contribution is -2.47. The highest BCUT2D eigenvalue weighted by Gasteiger charge is 2.29. The minimum Gasteiger partial charge on any atom is -0.493 e. The molecule has 13 nitrogen and oxygen atoms in total. The third-order valence-electron chi connectivity index (χ3n) is 6.78. The molecule has 0 aliphatic carbocycles. The van der Waals surface area contributed by atoms with Gasteiger partial charge in [0.1, 0.15) is 17.1 Å². The van der Waals surface area contributed by atoms with Gasteiger partial charge in [-0.25, -0.2) is 13.4 Å². The van der Waals surface area contributed by atoms with E-state index in [-0.39, 0.29) is 27.7 Å². The van der Waals surface area contributed by atoms with Crippen LogP contribution in [0.25, 0.3) is 28.4 Å². The number of likely N-dealkylation sites (N-methyl/N-ethyl adjacent to an activating group) is 1. The largest absolute Gasteiger partial charge is 0.493 e. The summed E-state index contributed by atoms with van der Waals surface area (Å²) in [6.45, 7) is 7.98. The maximum Gasteiger partial charge on any atom is 0.291 e. The number of ether oxygens (including phenoxy) is 1. The molecule has 0 bridgehead atoms. The highest BCUT2D eigenvalue weighted by Crippen LogP contribution is 2.33. The van der Waals surface area contributed by atoms with Crippen molar-refractivity contribution in [3.8, 4) is 23.1 Å². The molecule has 1 saturated heterocycles. The van der Waals surface area contributed by atoms with Crippen LogP contribution in [0.5, 0.6) is 5.75 Å². The summed E-state index contributed by atoms with van der Waals surface area (Å²) >= 11 is 0. The molecule has 1 aromatic carbocycles. The van der Waals surface area contributed by atoms with E-state index in [9.17, 15) is 13.2 Å². The van der Waals surface area contributed by atoms with Gasteiger partial charge in [0.05, 0.1) is 22.8 Å². The maximum absolute atomic E-state index is 13.6. The summed E-state index contributed by atoms with van der Waals surface area (Å²) < 4.78 is 42.4. The van der Waals surface area contributed by atoms with Crippen LogP contribution in [-0.4, -0.2) is 86.9 Å². The van der Waals surface area contributed by atoms with Crippen LogP contribution in [0.3, 0.4) is 0 Å². The smallest absolute Gasteiger partial charge is 0.291 e. The molecule has 0 radical (unpaired) electrons. The SMILES string of the molecule is CCCc1c2nc(-c3cc(S(=O)(=O)N4CCN(C)CC4)ccc3OCC)n(C)c(=O)c2nn1-c1noc(C)n1. The molecule has 14 heteroatoms. The van der Waals surface area contributed by atoms with Crippen LogP contribution in [-0.2, 0) is 23.5 Å². The molecule has 0 unspecified atom stereocenters. The normalized spacial score (nSPS) is 15.3. The molecule has 1 fully saturated rings. The zero-order valence-electron chi connectivity index (χ0n) is 22.7. The Bertz CT molecular complexity index is 1680. The fraction of sp³-hybridized carbons (Fsp3) is 0.480. The molecule has 39 heavy (non-hydrogen) atoms. The molecular weight excluding hydrogens is 524 g/mol. The topological polar surface area (TPSA) is 141 Å². The van der Waals surface area contributed by atoms with E-state index in [0.717, 1.165) is 6.42 Å². The van der Waals surface area contributed by atoms with E-state index in [0.29, 0.717) is 67.6 Å². The van der Waals surface area contributed by atoms with Crippen LogP contribution in [0, 0.1) is 6.92 Å². The molecule has 1 aliphatic rings. The molecule has 5 rings (SSSR count). The number of benzene rings is 1. The van der Waals surface area contributed by atoms with Gasteiger partial charge in [0.15, 0.2) is 5.52 Å². The van der Waals surface area contributed by atoms with Crippen molar-refractivity contribution in [3.63, 3.8) is 0 Å². The number of fused-ring (bicyclic) bond motifs is 1. The van der Waals surface area contributed by atoms with Crippen LogP contribution in [0.1, 0.15) is 31.9 Å². The van der Waals surface area contributed by atoms with E-state index in [1.165, 1.54) is 19.6 Å². The van der Waals surface area contributed by atoms with Gasteiger partial charge in [-0.2, -0.15) is 19.1 Å². The van der Waals surface area contributed by atoms with Crippen molar-refractivity contribution in [2.75, 3.05) is 39.8 Å². The predicted octanol–water partition coefficient (Wildman–Crippen LogP) is 1.76. The van der Waals surface area contributed by atoms with Crippen molar-refractivity contribution in [2.24, 2.45) is 7.05 Å². The second-order valence-corrected chi connectivity index (χ2v) is 11.5. The minimum absolute atomic E-state index is 0.117. The summed E-state index contributed by atoms with van der Waals surface area (Å²) in [5.41, 5.74) is 1.23. The Hall–Kier alpha value is -3.62. The van der Waals surface area contributed by atoms with Crippen molar-refractivity contribution in [1.82, 2.24) is 38.7 Å². The highest BCUT2D eigenvalue weighted by atomic mass is 32.2. The molecular formula is C25H32N8O5S. The quantitative estimate of drug-likeness (QED) is 0.315. The lowest BCUT2D eigenvalue weighted by molar-refractivity contribution is 0.222. The Labute approximate surface area is 226 Å². The number of aromatic nitrogens is 6. The monoisotopic (exact) mass is 556 g/mol. The summed E-state index contributed by atoms with van der Waals surface area (Å²) in [5.74, 6) is 1.28. The lowest BCUT2D eigenvalue weighted by Gasteiger charge is -2.31. The Balaban J connectivity index is 1.70. The fourth-order valence-electron chi connectivity index (χ4n) is 4.69. The first-order chi connectivity index (χ1) is 18.6. The van der Waals surface area contributed by atoms with Crippen LogP contribution in [0.2, 0.25) is 0 Å². The van der Waals surface area contributed by atoms with Gasteiger partial charge in [0, 0.05) is 40.2 Å². The maximum atomic E-state index is 13.6. The number of hydrogen-bond acceptors (Lipinski definition) is 10. The molecule has 0 amide bonds. The third kappa shape index (κ3) is 4.83. The standard InChI is InChI=1S/C25H32N8O5S/c1-6-8-19-21-22(28-33(19)25-26-16(3)38-29-25)24(34)31(5)23(27-21)18-15-17(9-10-20(18)37-7-2)39(35,36)32-13-11-30(4)12-14-32/h9-10,15H,6-8,11-14H2,1-5H3. The summed E-state index contributed by atoms with van der Waals surface area (Å²) in [4.78, 5) is 24.9. The second kappa shape index (κ2) is 10.5. The van der Waals surface area contributed by atoms with Gasteiger partial charge in [-0.3, -0.25) is 9.36 Å². The first kappa shape index (κ1) is 27.0. The summed E-state index contributed by atoms with van der Waals surface area (Å²) in [7, 11) is -0.217. The van der Waals surface area contributed by atoms with Gasteiger partial charge in [-0.15, -0.1) is 0 Å². The van der Waals surface area contributed by atoms with E-state index in [2.05, 4.69) is 20.1 Å². The van der Waals surface area contributed by atoms with E-state index >= 15 is 0 Å². The number of rotatable bonds is 8. The van der Waals surface area contributed by atoms with E-state index in [1.807, 2.05) is 20.9 Å². The van der Waals surface area contributed by atoms with E-state index < -0.39 is 10.0 Å². The summed E-state index contributed by atoms with van der Waals surface area (Å²) in [6, 6.07) is 4.70. The third-order valence-corrected chi connectivity index (χ3v) is 8.68. The highest BCUT2D eigenvalue weighted by molar-refractivity contribution is 7.89. The Morgan fingerprint density at radius 1 is 1.05 bits per heavy atom. The summed E-state index contributed by atoms with van der Waals surface area (Å²) in [6.07, 6.45) is 1.31. The number of aryl methyl sites for hydroxylation is 2. The van der Waals surface area contributed by atoms with Gasteiger partial charge < -0.3 is 14.2 Å². The van der Waals surface area contributed by atoms with Crippen LogP contribution in [0.15, 0.2) is 32.4 Å². The number of piperazine rings is 1. The minimum atomic E-state index is -3.77. The number of nitrogens with zero attached hydrogens (tertiary/aromatic N) is 8. The van der Waals surface area contributed by atoms with Gasteiger partial charge in [-0.05, 0) is 43.7 Å². The molecule has 1 aliphatic heterocycles. The zero-order valence-corrected chi connectivity index (χ0v) is 23.5. The molecule has 4 aromatic rings. The Kier molecular flexibility index (Phi) is 7.27. The molecule has 0 atom stereocenters. The van der Waals surface area contributed by atoms with Crippen molar-refractivity contribution in [3.05, 3.63) is 40.1 Å². The average Bonchev–Trinajstić information content (AvgIpc) is 3.50. The fourth-order valence-corrected chi connectivity index (χ4v) is 6.14. The molecule has 0 saturated carbocycles.